The second-order valence-corrected chi connectivity index (χ2v) is 11.9. The van der Waals surface area contributed by atoms with E-state index in [4.69, 9.17) is 16.3 Å². The van der Waals surface area contributed by atoms with Gasteiger partial charge in [-0.15, -0.1) is 0 Å². The fraction of sp³-hybridized carbons (Fsp3) is 0.524. The second kappa shape index (κ2) is 7.89. The molecule has 0 unspecified atom stereocenters. The molecule has 1 atom stereocenters. The van der Waals surface area contributed by atoms with E-state index in [0.29, 0.717) is 23.0 Å². The van der Waals surface area contributed by atoms with Crippen LogP contribution in [0.2, 0.25) is 5.02 Å². The van der Waals surface area contributed by atoms with E-state index in [-0.39, 0.29) is 28.9 Å². The van der Waals surface area contributed by atoms with Gasteiger partial charge in [-0.25, -0.2) is 13.1 Å². The Hall–Kier alpha value is -2.06. The minimum atomic E-state index is -3.10. The van der Waals surface area contributed by atoms with Crippen molar-refractivity contribution < 1.29 is 17.9 Å². The minimum Gasteiger partial charge on any atom is -0.478 e. The Morgan fingerprint density at radius 3 is 2.37 bits per heavy atom. The van der Waals surface area contributed by atoms with Crippen LogP contribution in [0.1, 0.15) is 52.8 Å². The first kappa shape index (κ1) is 22.6. The maximum Gasteiger partial charge on any atom is 0.269 e. The molecule has 1 aliphatic rings. The number of anilines is 1. The van der Waals surface area contributed by atoms with E-state index in [9.17, 15) is 13.2 Å². The highest BCUT2D eigenvalue weighted by molar-refractivity contribution is 7.91. The Kier molecular flexibility index (Phi) is 5.95. The quantitative estimate of drug-likeness (QED) is 0.739. The third kappa shape index (κ3) is 5.16. The molecule has 2 aromatic rings. The Bertz CT molecular complexity index is 1040. The molecule has 1 aliphatic heterocycles. The van der Waals surface area contributed by atoms with Gasteiger partial charge in [0.25, 0.3) is 5.91 Å². The topological polar surface area (TPSA) is 90.3 Å². The molecular weight excluding hydrogens is 426 g/mol. The molecule has 1 saturated heterocycles. The van der Waals surface area contributed by atoms with E-state index in [0.717, 1.165) is 5.69 Å². The highest BCUT2D eigenvalue weighted by Gasteiger charge is 2.35. The fourth-order valence-electron chi connectivity index (χ4n) is 3.21. The van der Waals surface area contributed by atoms with E-state index < -0.39 is 15.4 Å². The largest absolute Gasteiger partial charge is 0.478 e. The van der Waals surface area contributed by atoms with Gasteiger partial charge in [-0.05, 0) is 44.5 Å². The van der Waals surface area contributed by atoms with Crippen LogP contribution >= 0.6 is 11.6 Å². The summed E-state index contributed by atoms with van der Waals surface area (Å²) < 4.78 is 31.5. The number of halogens is 1. The first-order valence-corrected chi connectivity index (χ1v) is 12.0. The minimum absolute atomic E-state index is 0.0196. The van der Waals surface area contributed by atoms with Gasteiger partial charge in [0, 0.05) is 16.5 Å². The molecule has 0 spiro atoms. The van der Waals surface area contributed by atoms with Crippen LogP contribution in [-0.4, -0.2) is 41.2 Å². The summed E-state index contributed by atoms with van der Waals surface area (Å²) in [6, 6.07) is 8.28. The molecule has 0 aliphatic carbocycles. The maximum absolute atomic E-state index is 13.0. The number of hydrogen-bond acceptors (Lipinski definition) is 5. The molecule has 7 nitrogen and oxygen atoms in total. The van der Waals surface area contributed by atoms with Crippen molar-refractivity contribution >= 4 is 33.2 Å². The van der Waals surface area contributed by atoms with Gasteiger partial charge in [-0.3, -0.25) is 4.79 Å². The number of carbonyl (C=O) groups is 1. The lowest BCUT2D eigenvalue weighted by atomic mass is 9.92. The zero-order valence-corrected chi connectivity index (χ0v) is 19.5. The van der Waals surface area contributed by atoms with Crippen LogP contribution in [0.3, 0.4) is 0 Å². The van der Waals surface area contributed by atoms with Gasteiger partial charge < -0.3 is 10.1 Å². The summed E-state index contributed by atoms with van der Waals surface area (Å²) >= 11 is 5.90. The van der Waals surface area contributed by atoms with Crippen molar-refractivity contribution in [3.05, 3.63) is 41.0 Å². The van der Waals surface area contributed by atoms with Crippen molar-refractivity contribution in [1.82, 2.24) is 9.78 Å². The summed E-state index contributed by atoms with van der Waals surface area (Å²) in [6.45, 7) is 9.39. The molecule has 0 radical (unpaired) electrons. The Morgan fingerprint density at radius 2 is 1.83 bits per heavy atom. The standard InChI is InChI=1S/C21H28ClN3O4S/c1-20(2,3)17-12-18(25(24-17)15-10-11-30(27,28)13-15)23-19(26)21(4,5)29-16-8-6-14(22)7-9-16/h6-9,12,15H,10-11,13H2,1-5H3,(H,23,26)/t15-/m1/s1. The van der Waals surface area contributed by atoms with Crippen LogP contribution < -0.4 is 10.1 Å². The number of hydrogen-bond donors (Lipinski definition) is 1. The van der Waals surface area contributed by atoms with Crippen LogP contribution in [0.25, 0.3) is 0 Å². The number of aromatic nitrogens is 2. The van der Waals surface area contributed by atoms with Crippen LogP contribution in [0.5, 0.6) is 5.75 Å². The van der Waals surface area contributed by atoms with Gasteiger partial charge in [0.15, 0.2) is 15.4 Å². The van der Waals surface area contributed by atoms with Crippen molar-refractivity contribution in [3.8, 4) is 5.75 Å². The number of amides is 1. The molecule has 9 heteroatoms. The molecule has 2 heterocycles. The number of sulfone groups is 1. The highest BCUT2D eigenvalue weighted by Crippen LogP contribution is 2.31. The number of benzene rings is 1. The van der Waals surface area contributed by atoms with Crippen LogP contribution in [-0.2, 0) is 20.0 Å². The summed E-state index contributed by atoms with van der Waals surface area (Å²) in [6.07, 6.45) is 0.473. The smallest absolute Gasteiger partial charge is 0.269 e. The SMILES string of the molecule is CC(C)(Oc1ccc(Cl)cc1)C(=O)Nc1cc(C(C)(C)C)nn1[C@@H]1CCS(=O)(=O)C1. The number of carbonyl (C=O) groups excluding carboxylic acids is 1. The lowest BCUT2D eigenvalue weighted by Gasteiger charge is -2.26. The van der Waals surface area contributed by atoms with Crippen molar-refractivity contribution in [3.63, 3.8) is 0 Å². The number of nitrogens with zero attached hydrogens (tertiary/aromatic N) is 2. The summed E-state index contributed by atoms with van der Waals surface area (Å²) in [5, 5.41) is 8.11. The normalized spacial score (nSPS) is 18.9. The monoisotopic (exact) mass is 453 g/mol. The summed E-state index contributed by atoms with van der Waals surface area (Å²) in [7, 11) is -3.10. The average molecular weight is 454 g/mol. The molecule has 1 N–H and O–H groups in total. The van der Waals surface area contributed by atoms with Gasteiger partial charge in [0.05, 0.1) is 23.2 Å². The highest BCUT2D eigenvalue weighted by atomic mass is 35.5. The lowest BCUT2D eigenvalue weighted by Crippen LogP contribution is -2.43. The Balaban J connectivity index is 1.86. The third-order valence-electron chi connectivity index (χ3n) is 5.03. The van der Waals surface area contributed by atoms with Gasteiger partial charge >= 0.3 is 0 Å². The zero-order valence-electron chi connectivity index (χ0n) is 17.9. The molecule has 30 heavy (non-hydrogen) atoms. The molecule has 3 rings (SSSR count). The molecule has 1 aromatic heterocycles. The fourth-order valence-corrected chi connectivity index (χ4v) is 5.03. The summed E-state index contributed by atoms with van der Waals surface area (Å²) in [5.41, 5.74) is -0.650. The second-order valence-electron chi connectivity index (χ2n) is 9.19. The number of rotatable bonds is 5. The average Bonchev–Trinajstić information content (AvgIpc) is 3.19. The summed E-state index contributed by atoms with van der Waals surface area (Å²) in [5.74, 6) is 0.775. The van der Waals surface area contributed by atoms with E-state index in [1.807, 2.05) is 20.8 Å². The maximum atomic E-state index is 13.0. The van der Waals surface area contributed by atoms with Crippen LogP contribution in [0.4, 0.5) is 5.82 Å². The summed E-state index contributed by atoms with van der Waals surface area (Å²) in [4.78, 5) is 13.0. The first-order chi connectivity index (χ1) is 13.8. The molecule has 0 bridgehead atoms. The predicted molar refractivity (Wildman–Crippen MR) is 118 cm³/mol. The van der Waals surface area contributed by atoms with Gasteiger partial charge in [0.2, 0.25) is 0 Å². The predicted octanol–water partition coefficient (Wildman–Crippen LogP) is 3.99. The Morgan fingerprint density at radius 1 is 1.20 bits per heavy atom. The van der Waals surface area contributed by atoms with Crippen molar-refractivity contribution in [2.75, 3.05) is 16.8 Å². The third-order valence-corrected chi connectivity index (χ3v) is 7.04. The molecule has 164 valence electrons. The van der Waals surface area contributed by atoms with Crippen LogP contribution in [0.15, 0.2) is 30.3 Å². The van der Waals surface area contributed by atoms with Gasteiger partial charge in [-0.1, -0.05) is 32.4 Å². The molecule has 1 amide bonds. The van der Waals surface area contributed by atoms with E-state index >= 15 is 0 Å². The number of nitrogens with one attached hydrogen (secondary N) is 1. The van der Waals surface area contributed by atoms with E-state index in [1.54, 1.807) is 48.9 Å². The van der Waals surface area contributed by atoms with E-state index in [2.05, 4.69) is 10.4 Å². The van der Waals surface area contributed by atoms with Gasteiger partial charge in [0.1, 0.15) is 11.6 Å². The van der Waals surface area contributed by atoms with E-state index in [1.165, 1.54) is 0 Å². The number of ether oxygens (including phenoxy) is 1. The molecule has 1 fully saturated rings. The Labute approximate surface area is 182 Å². The van der Waals surface area contributed by atoms with Crippen LogP contribution in [0, 0.1) is 0 Å². The first-order valence-electron chi connectivity index (χ1n) is 9.83. The lowest BCUT2D eigenvalue weighted by molar-refractivity contribution is -0.128. The molecular formula is C21H28ClN3O4S. The molecule has 1 aromatic carbocycles. The van der Waals surface area contributed by atoms with Crippen molar-refractivity contribution in [2.45, 2.75) is 58.1 Å². The van der Waals surface area contributed by atoms with Gasteiger partial charge in [-0.2, -0.15) is 5.10 Å². The molecule has 0 saturated carbocycles. The van der Waals surface area contributed by atoms with Crippen molar-refractivity contribution in [1.29, 1.82) is 0 Å². The van der Waals surface area contributed by atoms with Crippen molar-refractivity contribution in [2.24, 2.45) is 0 Å². The zero-order chi connectivity index (χ0) is 22.3.